The molecule has 4 aliphatic carbocycles. The second-order valence-electron chi connectivity index (χ2n) is 10.2. The number of Topliss-reactive ketones (excluding diaryl/α,β-unsaturated/α-hetero) is 1. The second kappa shape index (κ2) is 7.71. The molecule has 4 aliphatic rings. The van der Waals surface area contributed by atoms with Crippen molar-refractivity contribution >= 4 is 31.8 Å². The molecule has 0 aromatic heterocycles. The van der Waals surface area contributed by atoms with Gasteiger partial charge in [-0.15, -0.1) is 0 Å². The average molecular weight is 437 g/mol. The first-order chi connectivity index (χ1) is 13.9. The van der Waals surface area contributed by atoms with Crippen molar-refractivity contribution in [2.75, 3.05) is 14.2 Å². The molecule has 0 spiro atoms. The van der Waals surface area contributed by atoms with Crippen LogP contribution in [0.2, 0.25) is 18.1 Å². The van der Waals surface area contributed by atoms with Crippen molar-refractivity contribution in [3.8, 4) is 0 Å². The van der Waals surface area contributed by atoms with Crippen LogP contribution in [0.4, 0.5) is 0 Å². The van der Waals surface area contributed by atoms with E-state index < -0.39 is 8.32 Å². The highest BCUT2D eigenvalue weighted by Gasteiger charge is 2.68. The molecule has 3 fully saturated rings. The Morgan fingerprint density at radius 1 is 1.00 bits per heavy atom. The van der Waals surface area contributed by atoms with Crippen molar-refractivity contribution in [1.29, 1.82) is 0 Å². The van der Waals surface area contributed by atoms with Gasteiger partial charge in [-0.05, 0) is 24.2 Å². The first kappa shape index (κ1) is 22.9. The first-order valence-corrected chi connectivity index (χ1v) is 13.3. The van der Waals surface area contributed by atoms with E-state index >= 15 is 0 Å². The van der Waals surface area contributed by atoms with E-state index in [1.54, 1.807) is 12.2 Å². The molecule has 166 valence electrons. The predicted octanol–water partition coefficient (Wildman–Crippen LogP) is 2.55. The lowest BCUT2D eigenvalue weighted by Gasteiger charge is -2.38. The van der Waals surface area contributed by atoms with Crippen LogP contribution in [0.25, 0.3) is 0 Å². The Hall–Kier alpha value is -1.80. The maximum absolute atomic E-state index is 11.9. The van der Waals surface area contributed by atoms with E-state index in [4.69, 9.17) is 9.16 Å². The van der Waals surface area contributed by atoms with Crippen LogP contribution in [0.15, 0.2) is 12.2 Å². The number of esters is 2. The summed E-state index contributed by atoms with van der Waals surface area (Å²) < 4.78 is 15.6. The molecule has 0 saturated heterocycles. The van der Waals surface area contributed by atoms with Crippen LogP contribution >= 0.6 is 0 Å². The number of fused-ring (bicyclic) bond motifs is 2. The molecule has 0 heterocycles. The Morgan fingerprint density at radius 2 is 1.57 bits per heavy atom. The third-order valence-electron chi connectivity index (χ3n) is 7.36. The van der Waals surface area contributed by atoms with E-state index in [1.165, 1.54) is 14.2 Å². The van der Waals surface area contributed by atoms with Crippen molar-refractivity contribution in [2.24, 2.45) is 35.5 Å². The number of ether oxygens (including phenoxy) is 2. The largest absolute Gasteiger partial charge is 0.469 e. The summed E-state index contributed by atoms with van der Waals surface area (Å²) in [5.41, 5.74) is 0. The molecule has 0 aliphatic heterocycles. The zero-order valence-corrected chi connectivity index (χ0v) is 19.8. The van der Waals surface area contributed by atoms with Crippen molar-refractivity contribution in [3.05, 3.63) is 12.2 Å². The minimum absolute atomic E-state index is 0.0640. The van der Waals surface area contributed by atoms with Gasteiger partial charge in [0.15, 0.2) is 14.1 Å². The zero-order valence-electron chi connectivity index (χ0n) is 18.8. The van der Waals surface area contributed by atoms with Gasteiger partial charge < -0.3 is 13.9 Å². The van der Waals surface area contributed by atoms with Crippen LogP contribution in [-0.4, -0.2) is 52.1 Å². The molecule has 0 aromatic rings. The SMILES string of the molecule is COC(=O)[C@@H]1[C@H]2C=CC(=O)[C@H]21.COC(=O)[C@H]1[C@@H]2C(=O)C[C@@H](O[Si](C)(C)C(C)(C)C)[C@@H]21. The highest BCUT2D eigenvalue weighted by molar-refractivity contribution is 6.74. The lowest BCUT2D eigenvalue weighted by Crippen LogP contribution is -2.44. The van der Waals surface area contributed by atoms with Crippen LogP contribution in [0.3, 0.4) is 0 Å². The normalized spacial score (nSPS) is 35.8. The van der Waals surface area contributed by atoms with Gasteiger partial charge >= 0.3 is 11.9 Å². The molecule has 0 aromatic carbocycles. The van der Waals surface area contributed by atoms with Crippen LogP contribution in [0, 0.1) is 35.5 Å². The lowest BCUT2D eigenvalue weighted by molar-refractivity contribution is -0.144. The minimum Gasteiger partial charge on any atom is -0.469 e. The Balaban J connectivity index is 0.000000196. The van der Waals surface area contributed by atoms with Gasteiger partial charge in [0.2, 0.25) is 0 Å². The smallest absolute Gasteiger partial charge is 0.310 e. The van der Waals surface area contributed by atoms with Crippen LogP contribution in [-0.2, 0) is 33.1 Å². The number of rotatable bonds is 4. The number of carbonyl (C=O) groups excluding carboxylic acids is 4. The molecule has 0 unspecified atom stereocenters. The summed E-state index contributed by atoms with van der Waals surface area (Å²) in [6, 6.07) is 0. The average Bonchev–Trinajstić information content (AvgIpc) is 3.51. The Kier molecular flexibility index (Phi) is 5.88. The van der Waals surface area contributed by atoms with Gasteiger partial charge in [-0.2, -0.15) is 0 Å². The summed E-state index contributed by atoms with van der Waals surface area (Å²) in [5.74, 6) is -0.689. The fraction of sp³-hybridized carbons (Fsp3) is 0.727. The van der Waals surface area contributed by atoms with E-state index in [2.05, 4.69) is 38.6 Å². The van der Waals surface area contributed by atoms with Gasteiger partial charge in [0.25, 0.3) is 0 Å². The van der Waals surface area contributed by atoms with Crippen molar-refractivity contribution in [1.82, 2.24) is 0 Å². The van der Waals surface area contributed by atoms with Crippen molar-refractivity contribution in [3.63, 3.8) is 0 Å². The Labute approximate surface area is 178 Å². The van der Waals surface area contributed by atoms with E-state index in [1.807, 2.05) is 0 Å². The third-order valence-corrected chi connectivity index (χ3v) is 11.9. The maximum Gasteiger partial charge on any atom is 0.310 e. The molecule has 7 atom stereocenters. The molecule has 7 nitrogen and oxygen atoms in total. The Bertz CT molecular complexity index is 794. The monoisotopic (exact) mass is 436 g/mol. The fourth-order valence-electron chi connectivity index (χ4n) is 4.50. The second-order valence-corrected chi connectivity index (χ2v) is 14.9. The summed E-state index contributed by atoms with van der Waals surface area (Å²) in [6.07, 6.45) is 3.74. The molecule has 0 radical (unpaired) electrons. The summed E-state index contributed by atoms with van der Waals surface area (Å²) in [7, 11) is 0.838. The minimum atomic E-state index is -1.89. The molecule has 30 heavy (non-hydrogen) atoms. The molecular formula is C22H32O7Si. The van der Waals surface area contributed by atoms with Crippen LogP contribution < -0.4 is 0 Å². The van der Waals surface area contributed by atoms with E-state index in [-0.39, 0.29) is 70.2 Å². The van der Waals surface area contributed by atoms with Gasteiger partial charge in [-0.25, -0.2) is 0 Å². The van der Waals surface area contributed by atoms with Gasteiger partial charge in [-0.3, -0.25) is 19.2 Å². The first-order valence-electron chi connectivity index (χ1n) is 10.4. The summed E-state index contributed by atoms with van der Waals surface area (Å²) in [4.78, 5) is 45.4. The topological polar surface area (TPSA) is 96.0 Å². The van der Waals surface area contributed by atoms with E-state index in [0.29, 0.717) is 6.42 Å². The highest BCUT2D eigenvalue weighted by Crippen LogP contribution is 2.58. The summed E-state index contributed by atoms with van der Waals surface area (Å²) in [5, 5.41) is 0.115. The van der Waals surface area contributed by atoms with Gasteiger partial charge in [0.05, 0.1) is 32.2 Å². The molecule has 3 saturated carbocycles. The maximum atomic E-state index is 11.9. The predicted molar refractivity (Wildman–Crippen MR) is 111 cm³/mol. The van der Waals surface area contributed by atoms with Gasteiger partial charge in [0.1, 0.15) is 5.78 Å². The summed E-state index contributed by atoms with van der Waals surface area (Å²) in [6.45, 7) is 10.9. The number of ketones is 2. The number of allylic oxidation sites excluding steroid dienone is 2. The molecule has 0 N–H and O–H groups in total. The molecular weight excluding hydrogens is 404 g/mol. The molecule has 0 bridgehead atoms. The van der Waals surface area contributed by atoms with Crippen molar-refractivity contribution in [2.45, 2.75) is 51.4 Å². The van der Waals surface area contributed by atoms with Crippen LogP contribution in [0.1, 0.15) is 27.2 Å². The quantitative estimate of drug-likeness (QED) is 0.493. The molecule has 0 amide bonds. The standard InChI is InChI=1S/C14H24O4Si.C8H8O3/c1-14(2,3)19(5,6)18-9-7-8(15)10-11(9)12(10)13(16)17-4;1-11-8(10)7-4-2-3-5(9)6(4)7/h9-12H,7H2,1-6H3;2-4,6-7H,1H3/t9-,10-,11+,12+;4-,6-,7+/m10/s1. The number of hydrogen-bond acceptors (Lipinski definition) is 7. The van der Waals surface area contributed by atoms with Gasteiger partial charge in [-0.1, -0.05) is 26.8 Å². The van der Waals surface area contributed by atoms with E-state index in [0.717, 1.165) is 0 Å². The molecule has 8 heteroatoms. The third kappa shape index (κ3) is 3.91. The number of carbonyl (C=O) groups is 4. The number of methoxy groups -OCH3 is 2. The highest BCUT2D eigenvalue weighted by atomic mass is 28.4. The van der Waals surface area contributed by atoms with Gasteiger partial charge in [0, 0.05) is 30.1 Å². The summed E-state index contributed by atoms with van der Waals surface area (Å²) >= 11 is 0. The Morgan fingerprint density at radius 3 is 2.03 bits per heavy atom. The number of hydrogen-bond donors (Lipinski definition) is 0. The zero-order chi connectivity index (χ0) is 22.6. The van der Waals surface area contributed by atoms with Crippen molar-refractivity contribution < 1.29 is 33.1 Å². The molecule has 4 rings (SSSR count). The van der Waals surface area contributed by atoms with E-state index in [9.17, 15) is 19.2 Å². The lowest BCUT2D eigenvalue weighted by atomic mass is 10.1. The van der Waals surface area contributed by atoms with Crippen LogP contribution in [0.5, 0.6) is 0 Å². The fourth-order valence-corrected chi connectivity index (χ4v) is 5.85.